The number of anilines is 1. The van der Waals surface area contributed by atoms with Crippen LogP contribution >= 0.6 is 0 Å². The van der Waals surface area contributed by atoms with Crippen LogP contribution in [0.3, 0.4) is 0 Å². The Morgan fingerprint density at radius 3 is 2.19 bits per heavy atom. The Balaban J connectivity index is 2.81. The maximum absolute atomic E-state index is 5.54. The van der Waals surface area contributed by atoms with Crippen molar-refractivity contribution in [3.8, 4) is 0 Å². The minimum absolute atomic E-state index is 0.204. The van der Waals surface area contributed by atoms with Crippen LogP contribution in [0.1, 0.15) is 32.8 Å². The molecule has 0 bridgehead atoms. The lowest BCUT2D eigenvalue weighted by atomic mass is 9.99. The lowest BCUT2D eigenvalue weighted by Gasteiger charge is -2.36. The third-order valence-electron chi connectivity index (χ3n) is 3.53. The Morgan fingerprint density at radius 1 is 1.19 bits per heavy atom. The van der Waals surface area contributed by atoms with E-state index in [1.165, 1.54) is 11.3 Å². The van der Waals surface area contributed by atoms with Crippen molar-refractivity contribution in [3.05, 3.63) is 29.8 Å². The zero-order valence-corrected chi connectivity index (χ0v) is 11.0. The number of benzene rings is 1. The van der Waals surface area contributed by atoms with Crippen molar-refractivity contribution >= 4 is 5.69 Å². The average Bonchev–Trinajstić information content (AvgIpc) is 2.29. The van der Waals surface area contributed by atoms with E-state index in [4.69, 9.17) is 5.73 Å². The summed E-state index contributed by atoms with van der Waals surface area (Å²) in [7, 11) is 2.15. The van der Waals surface area contributed by atoms with Crippen molar-refractivity contribution in [2.24, 2.45) is 5.73 Å². The van der Waals surface area contributed by atoms with Gasteiger partial charge in [-0.05, 0) is 50.9 Å². The zero-order valence-electron chi connectivity index (χ0n) is 11.0. The molecule has 0 aliphatic rings. The predicted octanol–water partition coefficient (Wildman–Crippen LogP) is 2.81. The molecule has 1 rings (SSSR count). The molecule has 2 heteroatoms. The Kier molecular flexibility index (Phi) is 4.36. The minimum atomic E-state index is 0.204. The Labute approximate surface area is 99.5 Å². The molecule has 0 aromatic heterocycles. The second-order valence-electron chi connectivity index (χ2n) is 4.93. The third kappa shape index (κ3) is 2.99. The summed E-state index contributed by atoms with van der Waals surface area (Å²) in [4.78, 5) is 2.33. The smallest absolute Gasteiger partial charge is 0.0368 e. The molecule has 1 aromatic rings. The predicted molar refractivity (Wildman–Crippen MR) is 72.0 cm³/mol. The first-order valence-corrected chi connectivity index (χ1v) is 6.04. The summed E-state index contributed by atoms with van der Waals surface area (Å²) in [5.41, 5.74) is 8.33. The summed E-state index contributed by atoms with van der Waals surface area (Å²) in [6.07, 6.45) is 2.09. The van der Waals surface area contributed by atoms with Gasteiger partial charge in [0, 0.05) is 18.3 Å². The molecular formula is C14H24N2. The molecule has 0 atom stereocenters. The number of hydrogen-bond acceptors (Lipinski definition) is 2. The molecule has 2 nitrogen and oxygen atoms in total. The van der Waals surface area contributed by atoms with Gasteiger partial charge in [0.15, 0.2) is 0 Å². The van der Waals surface area contributed by atoms with Gasteiger partial charge < -0.3 is 10.6 Å². The summed E-state index contributed by atoms with van der Waals surface area (Å²) < 4.78 is 0. The van der Waals surface area contributed by atoms with Crippen molar-refractivity contribution < 1.29 is 0 Å². The van der Waals surface area contributed by atoms with Gasteiger partial charge in [0.25, 0.3) is 0 Å². The minimum Gasteiger partial charge on any atom is -0.369 e. The summed E-state index contributed by atoms with van der Waals surface area (Å²) in [6, 6.07) is 8.71. The highest BCUT2D eigenvalue weighted by atomic mass is 15.2. The summed E-state index contributed by atoms with van der Waals surface area (Å²) >= 11 is 0. The van der Waals surface area contributed by atoms with Gasteiger partial charge in [-0.25, -0.2) is 0 Å². The van der Waals surface area contributed by atoms with E-state index in [1.54, 1.807) is 0 Å². The standard InChI is InChI=1S/C14H24N2/c1-5-14(2,3)16(4)13-8-6-12(7-9-13)10-11-15/h6-9H,5,10-11,15H2,1-4H3. The molecule has 0 aliphatic heterocycles. The van der Waals surface area contributed by atoms with Crippen LogP contribution in [-0.4, -0.2) is 19.1 Å². The second-order valence-corrected chi connectivity index (χ2v) is 4.93. The molecule has 90 valence electrons. The summed E-state index contributed by atoms with van der Waals surface area (Å²) in [6.45, 7) is 7.47. The van der Waals surface area contributed by atoms with Crippen molar-refractivity contribution in [2.45, 2.75) is 39.2 Å². The maximum atomic E-state index is 5.54. The quantitative estimate of drug-likeness (QED) is 0.826. The van der Waals surface area contributed by atoms with Crippen LogP contribution < -0.4 is 10.6 Å². The lowest BCUT2D eigenvalue weighted by Crippen LogP contribution is -2.40. The van der Waals surface area contributed by atoms with E-state index in [2.05, 4.69) is 57.0 Å². The topological polar surface area (TPSA) is 29.3 Å². The molecule has 0 spiro atoms. The third-order valence-corrected chi connectivity index (χ3v) is 3.53. The average molecular weight is 220 g/mol. The lowest BCUT2D eigenvalue weighted by molar-refractivity contribution is 0.471. The normalized spacial score (nSPS) is 11.6. The van der Waals surface area contributed by atoms with E-state index in [1.807, 2.05) is 0 Å². The molecule has 1 aromatic carbocycles. The van der Waals surface area contributed by atoms with Crippen LogP contribution in [0.4, 0.5) is 5.69 Å². The molecule has 0 amide bonds. The Morgan fingerprint density at radius 2 is 1.75 bits per heavy atom. The molecule has 0 saturated carbocycles. The first-order chi connectivity index (χ1) is 7.51. The first kappa shape index (κ1) is 13.0. The number of nitrogens with zero attached hydrogens (tertiary/aromatic N) is 1. The molecule has 2 N–H and O–H groups in total. The van der Waals surface area contributed by atoms with Gasteiger partial charge in [-0.15, -0.1) is 0 Å². The fourth-order valence-corrected chi connectivity index (χ4v) is 1.64. The van der Waals surface area contributed by atoms with E-state index in [9.17, 15) is 0 Å². The van der Waals surface area contributed by atoms with Gasteiger partial charge >= 0.3 is 0 Å². The highest BCUT2D eigenvalue weighted by Crippen LogP contribution is 2.24. The fraction of sp³-hybridized carbons (Fsp3) is 0.571. The molecule has 0 aliphatic carbocycles. The molecular weight excluding hydrogens is 196 g/mol. The van der Waals surface area contributed by atoms with Crippen LogP contribution in [0, 0.1) is 0 Å². The second kappa shape index (κ2) is 5.35. The largest absolute Gasteiger partial charge is 0.369 e. The van der Waals surface area contributed by atoms with Gasteiger partial charge in [0.1, 0.15) is 0 Å². The van der Waals surface area contributed by atoms with E-state index in [0.717, 1.165) is 19.4 Å². The SMILES string of the molecule is CCC(C)(C)N(C)c1ccc(CCN)cc1. The van der Waals surface area contributed by atoms with Gasteiger partial charge in [0.05, 0.1) is 0 Å². The number of hydrogen-bond donors (Lipinski definition) is 1. The Bertz CT molecular complexity index is 314. The van der Waals surface area contributed by atoms with Gasteiger partial charge in [-0.1, -0.05) is 19.1 Å². The van der Waals surface area contributed by atoms with Gasteiger partial charge in [0.2, 0.25) is 0 Å². The summed E-state index contributed by atoms with van der Waals surface area (Å²) in [5.74, 6) is 0. The van der Waals surface area contributed by atoms with Crippen LogP contribution in [0.15, 0.2) is 24.3 Å². The molecule has 16 heavy (non-hydrogen) atoms. The van der Waals surface area contributed by atoms with Crippen molar-refractivity contribution in [2.75, 3.05) is 18.5 Å². The van der Waals surface area contributed by atoms with Crippen LogP contribution in [-0.2, 0) is 6.42 Å². The number of nitrogens with two attached hydrogens (primary N) is 1. The van der Waals surface area contributed by atoms with Crippen molar-refractivity contribution in [3.63, 3.8) is 0 Å². The van der Waals surface area contributed by atoms with E-state index < -0.39 is 0 Å². The zero-order chi connectivity index (χ0) is 12.2. The molecule has 0 fully saturated rings. The van der Waals surface area contributed by atoms with Gasteiger partial charge in [-0.3, -0.25) is 0 Å². The van der Waals surface area contributed by atoms with E-state index in [0.29, 0.717) is 0 Å². The van der Waals surface area contributed by atoms with Crippen molar-refractivity contribution in [1.82, 2.24) is 0 Å². The molecule has 0 heterocycles. The van der Waals surface area contributed by atoms with Crippen LogP contribution in [0.5, 0.6) is 0 Å². The monoisotopic (exact) mass is 220 g/mol. The fourth-order valence-electron chi connectivity index (χ4n) is 1.64. The van der Waals surface area contributed by atoms with Crippen molar-refractivity contribution in [1.29, 1.82) is 0 Å². The number of rotatable bonds is 5. The molecule has 0 saturated heterocycles. The maximum Gasteiger partial charge on any atom is 0.0368 e. The first-order valence-electron chi connectivity index (χ1n) is 6.04. The van der Waals surface area contributed by atoms with Crippen LogP contribution in [0.2, 0.25) is 0 Å². The Hall–Kier alpha value is -1.02. The highest BCUT2D eigenvalue weighted by molar-refractivity contribution is 5.49. The molecule has 0 radical (unpaired) electrons. The molecule has 0 unspecified atom stereocenters. The van der Waals surface area contributed by atoms with Crippen LogP contribution in [0.25, 0.3) is 0 Å². The highest BCUT2D eigenvalue weighted by Gasteiger charge is 2.21. The van der Waals surface area contributed by atoms with Gasteiger partial charge in [-0.2, -0.15) is 0 Å². The van der Waals surface area contributed by atoms with E-state index >= 15 is 0 Å². The summed E-state index contributed by atoms with van der Waals surface area (Å²) in [5, 5.41) is 0. The van der Waals surface area contributed by atoms with E-state index in [-0.39, 0.29) is 5.54 Å².